The molecule has 0 saturated carbocycles. The molecular formula is C15H14F3N5O. The Hall–Kier alpha value is -2.71. The molecule has 9 heteroatoms. The summed E-state index contributed by atoms with van der Waals surface area (Å²) in [5.41, 5.74) is 5.02. The standard InChI is InChI=1S/C15H14F3N5O/c16-15(17,18)10-6-9(7-20-8-10)14(24)23-5-1-2-12(23)11-3-4-13(19)22-21-11/h3-4,6-8,12H,1-2,5H2,(H2,19,22). The van der Waals surface area contributed by atoms with E-state index in [-0.39, 0.29) is 17.4 Å². The second-order valence-corrected chi connectivity index (χ2v) is 5.50. The minimum absolute atomic E-state index is 0.0971. The Labute approximate surface area is 135 Å². The summed E-state index contributed by atoms with van der Waals surface area (Å²) in [6, 6.07) is 3.73. The summed E-state index contributed by atoms with van der Waals surface area (Å²) in [6.45, 7) is 0.436. The first-order chi connectivity index (χ1) is 11.4. The van der Waals surface area contributed by atoms with Gasteiger partial charge in [-0.2, -0.15) is 18.3 Å². The van der Waals surface area contributed by atoms with Crippen LogP contribution in [-0.2, 0) is 6.18 Å². The molecule has 0 aromatic carbocycles. The van der Waals surface area contributed by atoms with Gasteiger partial charge in [-0.1, -0.05) is 0 Å². The minimum atomic E-state index is -4.55. The van der Waals surface area contributed by atoms with Gasteiger partial charge in [0.15, 0.2) is 0 Å². The second-order valence-electron chi connectivity index (χ2n) is 5.50. The Morgan fingerprint density at radius 3 is 2.71 bits per heavy atom. The van der Waals surface area contributed by atoms with Crippen molar-refractivity contribution in [1.29, 1.82) is 0 Å². The fraction of sp³-hybridized carbons (Fsp3) is 0.333. The molecule has 6 nitrogen and oxygen atoms in total. The molecule has 1 saturated heterocycles. The SMILES string of the molecule is Nc1ccc(C2CCCN2C(=O)c2cncc(C(F)(F)F)c2)nn1. The number of carbonyl (C=O) groups is 1. The molecule has 3 heterocycles. The summed E-state index contributed by atoms with van der Waals surface area (Å²) >= 11 is 0. The monoisotopic (exact) mass is 337 g/mol. The van der Waals surface area contributed by atoms with Crippen molar-refractivity contribution in [3.8, 4) is 0 Å². The molecule has 3 rings (SSSR count). The molecule has 126 valence electrons. The quantitative estimate of drug-likeness (QED) is 0.910. The number of anilines is 1. The fourth-order valence-corrected chi connectivity index (χ4v) is 2.73. The predicted octanol–water partition coefficient (Wildman–Crippen LogP) is 2.45. The first-order valence-corrected chi connectivity index (χ1v) is 7.28. The van der Waals surface area contributed by atoms with E-state index in [9.17, 15) is 18.0 Å². The van der Waals surface area contributed by atoms with Gasteiger partial charge in [0.1, 0.15) is 5.82 Å². The maximum absolute atomic E-state index is 12.8. The van der Waals surface area contributed by atoms with E-state index in [1.807, 2.05) is 0 Å². The third kappa shape index (κ3) is 3.15. The van der Waals surface area contributed by atoms with Crippen LogP contribution in [-0.4, -0.2) is 32.5 Å². The van der Waals surface area contributed by atoms with Gasteiger partial charge in [-0.3, -0.25) is 9.78 Å². The van der Waals surface area contributed by atoms with Crippen LogP contribution < -0.4 is 5.73 Å². The molecule has 0 spiro atoms. The number of hydrogen-bond donors (Lipinski definition) is 1. The number of halogens is 3. The number of hydrogen-bond acceptors (Lipinski definition) is 5. The molecule has 1 fully saturated rings. The zero-order valence-electron chi connectivity index (χ0n) is 12.5. The Bertz CT molecular complexity index is 748. The Kier molecular flexibility index (Phi) is 4.08. The predicted molar refractivity (Wildman–Crippen MR) is 78.7 cm³/mol. The van der Waals surface area contributed by atoms with Gasteiger partial charge in [0.2, 0.25) is 0 Å². The Balaban J connectivity index is 1.87. The summed E-state index contributed by atoms with van der Waals surface area (Å²) in [5, 5.41) is 7.74. The molecule has 1 unspecified atom stereocenters. The van der Waals surface area contributed by atoms with E-state index in [2.05, 4.69) is 15.2 Å². The largest absolute Gasteiger partial charge is 0.417 e. The lowest BCUT2D eigenvalue weighted by Gasteiger charge is -2.24. The third-order valence-electron chi connectivity index (χ3n) is 3.87. The lowest BCUT2D eigenvalue weighted by Crippen LogP contribution is -2.31. The lowest BCUT2D eigenvalue weighted by atomic mass is 10.1. The molecule has 1 aliphatic heterocycles. The molecule has 1 atom stereocenters. The van der Waals surface area contributed by atoms with Crippen molar-refractivity contribution < 1.29 is 18.0 Å². The highest BCUT2D eigenvalue weighted by molar-refractivity contribution is 5.94. The third-order valence-corrected chi connectivity index (χ3v) is 3.87. The van der Waals surface area contributed by atoms with Crippen LogP contribution in [0.3, 0.4) is 0 Å². The van der Waals surface area contributed by atoms with Crippen LogP contribution in [0.4, 0.5) is 19.0 Å². The number of pyridine rings is 1. The van der Waals surface area contributed by atoms with E-state index in [4.69, 9.17) is 5.73 Å². The molecule has 0 radical (unpaired) electrons. The fourth-order valence-electron chi connectivity index (χ4n) is 2.73. The number of alkyl halides is 3. The highest BCUT2D eigenvalue weighted by atomic mass is 19.4. The summed E-state index contributed by atoms with van der Waals surface area (Å²) in [6.07, 6.45) is -1.31. The van der Waals surface area contributed by atoms with Gasteiger partial charge in [-0.05, 0) is 31.0 Å². The summed E-state index contributed by atoms with van der Waals surface area (Å²) in [7, 11) is 0. The van der Waals surface area contributed by atoms with Crippen LogP contribution in [0.2, 0.25) is 0 Å². The highest BCUT2D eigenvalue weighted by Crippen LogP contribution is 2.33. The van der Waals surface area contributed by atoms with Crippen molar-refractivity contribution >= 4 is 11.7 Å². The number of carbonyl (C=O) groups excluding carboxylic acids is 1. The smallest absolute Gasteiger partial charge is 0.382 e. The number of amides is 1. The number of nitrogen functional groups attached to an aromatic ring is 1. The van der Waals surface area contributed by atoms with Crippen LogP contribution in [0.1, 0.15) is 40.5 Å². The first kappa shape index (κ1) is 16.2. The normalized spacial score (nSPS) is 18.0. The lowest BCUT2D eigenvalue weighted by molar-refractivity contribution is -0.137. The van der Waals surface area contributed by atoms with Gasteiger partial charge >= 0.3 is 6.18 Å². The van der Waals surface area contributed by atoms with E-state index in [0.29, 0.717) is 24.9 Å². The van der Waals surface area contributed by atoms with E-state index in [0.717, 1.165) is 18.7 Å². The van der Waals surface area contributed by atoms with E-state index in [1.165, 1.54) is 4.90 Å². The maximum atomic E-state index is 12.8. The van der Waals surface area contributed by atoms with Gasteiger partial charge < -0.3 is 10.6 Å². The van der Waals surface area contributed by atoms with Crippen LogP contribution in [0, 0.1) is 0 Å². The van der Waals surface area contributed by atoms with Crippen molar-refractivity contribution in [2.75, 3.05) is 12.3 Å². The maximum Gasteiger partial charge on any atom is 0.417 e. The van der Waals surface area contributed by atoms with Crippen molar-refractivity contribution in [2.45, 2.75) is 25.1 Å². The van der Waals surface area contributed by atoms with Crippen LogP contribution in [0.25, 0.3) is 0 Å². The topological polar surface area (TPSA) is 85.0 Å². The van der Waals surface area contributed by atoms with Crippen molar-refractivity contribution in [3.05, 3.63) is 47.4 Å². The van der Waals surface area contributed by atoms with Crippen molar-refractivity contribution in [1.82, 2.24) is 20.1 Å². The van der Waals surface area contributed by atoms with Gasteiger partial charge in [0, 0.05) is 18.9 Å². The summed E-state index contributed by atoms with van der Waals surface area (Å²) in [5.74, 6) is -0.244. The molecule has 2 aromatic heterocycles. The van der Waals surface area contributed by atoms with Crippen LogP contribution >= 0.6 is 0 Å². The number of nitrogens with zero attached hydrogens (tertiary/aromatic N) is 4. The number of rotatable bonds is 2. The Morgan fingerprint density at radius 1 is 1.25 bits per heavy atom. The summed E-state index contributed by atoms with van der Waals surface area (Å²) in [4.78, 5) is 17.7. The van der Waals surface area contributed by atoms with Crippen LogP contribution in [0.5, 0.6) is 0 Å². The highest BCUT2D eigenvalue weighted by Gasteiger charge is 2.35. The average molecular weight is 337 g/mol. The zero-order chi connectivity index (χ0) is 17.3. The molecule has 0 aliphatic carbocycles. The molecule has 2 aromatic rings. The molecular weight excluding hydrogens is 323 g/mol. The molecule has 1 amide bonds. The Morgan fingerprint density at radius 2 is 2.04 bits per heavy atom. The number of nitrogens with two attached hydrogens (primary N) is 1. The van der Waals surface area contributed by atoms with Crippen LogP contribution in [0.15, 0.2) is 30.6 Å². The molecule has 2 N–H and O–H groups in total. The summed E-state index contributed by atoms with van der Waals surface area (Å²) < 4.78 is 38.4. The van der Waals surface area contributed by atoms with Gasteiger partial charge in [0.25, 0.3) is 5.91 Å². The van der Waals surface area contributed by atoms with Gasteiger partial charge in [0.05, 0.1) is 22.9 Å². The molecule has 0 bridgehead atoms. The van der Waals surface area contributed by atoms with Gasteiger partial charge in [-0.15, -0.1) is 5.10 Å². The number of likely N-dealkylation sites (tertiary alicyclic amines) is 1. The minimum Gasteiger partial charge on any atom is -0.382 e. The van der Waals surface area contributed by atoms with E-state index in [1.54, 1.807) is 12.1 Å². The molecule has 24 heavy (non-hydrogen) atoms. The van der Waals surface area contributed by atoms with Gasteiger partial charge in [-0.25, -0.2) is 0 Å². The zero-order valence-corrected chi connectivity index (χ0v) is 12.5. The average Bonchev–Trinajstić information content (AvgIpc) is 3.04. The van der Waals surface area contributed by atoms with Crippen molar-refractivity contribution in [2.24, 2.45) is 0 Å². The van der Waals surface area contributed by atoms with Crippen molar-refractivity contribution in [3.63, 3.8) is 0 Å². The van der Waals surface area contributed by atoms with E-state index >= 15 is 0 Å². The second kappa shape index (κ2) is 6.06. The molecule has 1 aliphatic rings. The number of aromatic nitrogens is 3. The van der Waals surface area contributed by atoms with E-state index < -0.39 is 17.6 Å². The first-order valence-electron chi connectivity index (χ1n) is 7.28.